The molecule has 20 heavy (non-hydrogen) atoms. The Hall–Kier alpha value is -2.02. The van der Waals surface area contributed by atoms with Gasteiger partial charge in [-0.05, 0) is 18.6 Å². The van der Waals surface area contributed by atoms with Crippen LogP contribution < -0.4 is 4.90 Å². The molecule has 7 heteroatoms. The highest BCUT2D eigenvalue weighted by Crippen LogP contribution is 2.27. The summed E-state index contributed by atoms with van der Waals surface area (Å²) < 4.78 is 1.79. The first kappa shape index (κ1) is 14.4. The Morgan fingerprint density at radius 3 is 2.75 bits per heavy atom. The summed E-state index contributed by atoms with van der Waals surface area (Å²) in [5.41, 5.74) is 2.18. The number of aryl methyl sites for hydroxylation is 1. The van der Waals surface area contributed by atoms with E-state index < -0.39 is 5.97 Å². The van der Waals surface area contributed by atoms with Crippen LogP contribution in [0.25, 0.3) is 0 Å². The van der Waals surface area contributed by atoms with Gasteiger partial charge < -0.3 is 10.0 Å². The highest BCUT2D eigenvalue weighted by molar-refractivity contribution is 7.99. The van der Waals surface area contributed by atoms with Gasteiger partial charge in [0.2, 0.25) is 5.95 Å². The van der Waals surface area contributed by atoms with Crippen LogP contribution in [-0.2, 0) is 11.8 Å². The molecule has 0 saturated heterocycles. The van der Waals surface area contributed by atoms with Gasteiger partial charge in [-0.1, -0.05) is 30.0 Å². The van der Waals surface area contributed by atoms with Crippen LogP contribution in [0.1, 0.15) is 5.56 Å². The van der Waals surface area contributed by atoms with E-state index in [1.807, 2.05) is 50.2 Å². The molecule has 2 rings (SSSR count). The molecule has 2 aromatic rings. The van der Waals surface area contributed by atoms with Crippen molar-refractivity contribution in [3.05, 3.63) is 29.8 Å². The van der Waals surface area contributed by atoms with E-state index in [0.29, 0.717) is 11.1 Å². The molecule has 0 fully saturated rings. The topological polar surface area (TPSA) is 71.2 Å². The third-order valence-electron chi connectivity index (χ3n) is 2.91. The number of carboxylic acid groups (broad SMARTS) is 1. The lowest BCUT2D eigenvalue weighted by Crippen LogP contribution is -2.15. The number of benzene rings is 1. The Labute approximate surface area is 121 Å². The van der Waals surface area contributed by atoms with Gasteiger partial charge in [-0.15, -0.1) is 10.2 Å². The molecule has 0 amide bonds. The Morgan fingerprint density at radius 1 is 1.40 bits per heavy atom. The smallest absolute Gasteiger partial charge is 0.313 e. The molecule has 6 nitrogen and oxygen atoms in total. The Kier molecular flexibility index (Phi) is 4.29. The van der Waals surface area contributed by atoms with Gasteiger partial charge in [0.05, 0.1) is 5.75 Å². The van der Waals surface area contributed by atoms with Crippen molar-refractivity contribution < 1.29 is 9.90 Å². The lowest BCUT2D eigenvalue weighted by molar-refractivity contribution is -0.133. The molecule has 0 aliphatic rings. The predicted octanol–water partition coefficient (Wildman–Crippen LogP) is 2.07. The fourth-order valence-electron chi connectivity index (χ4n) is 1.90. The van der Waals surface area contributed by atoms with Crippen LogP contribution >= 0.6 is 11.8 Å². The van der Waals surface area contributed by atoms with E-state index in [9.17, 15) is 4.79 Å². The zero-order valence-corrected chi connectivity index (χ0v) is 12.4. The summed E-state index contributed by atoms with van der Waals surface area (Å²) in [7, 11) is 3.74. The molecule has 1 N–H and O–H groups in total. The minimum atomic E-state index is -0.869. The second-order valence-electron chi connectivity index (χ2n) is 4.37. The number of carbonyl (C=O) groups is 1. The average Bonchev–Trinajstić information content (AvgIpc) is 2.77. The van der Waals surface area contributed by atoms with Gasteiger partial charge in [0, 0.05) is 19.8 Å². The van der Waals surface area contributed by atoms with Crippen molar-refractivity contribution in [2.24, 2.45) is 7.05 Å². The highest BCUT2D eigenvalue weighted by atomic mass is 32.2. The quantitative estimate of drug-likeness (QED) is 0.851. The van der Waals surface area contributed by atoms with E-state index in [4.69, 9.17) is 5.11 Å². The molecule has 106 valence electrons. The van der Waals surface area contributed by atoms with Crippen LogP contribution in [0.2, 0.25) is 0 Å². The average molecular weight is 292 g/mol. The summed E-state index contributed by atoms with van der Waals surface area (Å²) in [4.78, 5) is 12.5. The van der Waals surface area contributed by atoms with E-state index >= 15 is 0 Å². The maximum atomic E-state index is 10.6. The SMILES string of the molecule is Cc1ccccc1N(C)c1nnc(SCC(=O)O)n1C. The van der Waals surface area contributed by atoms with Gasteiger partial charge in [0.15, 0.2) is 5.16 Å². The number of carboxylic acids is 1. The summed E-state index contributed by atoms with van der Waals surface area (Å²) in [6, 6.07) is 7.99. The first-order valence-corrected chi connectivity index (χ1v) is 7.02. The van der Waals surface area contributed by atoms with Crippen molar-refractivity contribution in [3.8, 4) is 0 Å². The van der Waals surface area contributed by atoms with Gasteiger partial charge in [-0.3, -0.25) is 9.36 Å². The lowest BCUT2D eigenvalue weighted by Gasteiger charge is -2.19. The summed E-state index contributed by atoms with van der Waals surface area (Å²) in [6.45, 7) is 2.03. The van der Waals surface area contributed by atoms with Crippen LogP contribution in [0.3, 0.4) is 0 Å². The molecule has 0 saturated carbocycles. The number of thioether (sulfide) groups is 1. The lowest BCUT2D eigenvalue weighted by atomic mass is 10.2. The van der Waals surface area contributed by atoms with Crippen molar-refractivity contribution in [2.45, 2.75) is 12.1 Å². The minimum absolute atomic E-state index is 0.0277. The van der Waals surface area contributed by atoms with Crippen molar-refractivity contribution in [2.75, 3.05) is 17.7 Å². The van der Waals surface area contributed by atoms with Crippen LogP contribution in [-0.4, -0.2) is 38.6 Å². The summed E-state index contributed by atoms with van der Waals surface area (Å²) in [6.07, 6.45) is 0. The van der Waals surface area contributed by atoms with Crippen molar-refractivity contribution in [3.63, 3.8) is 0 Å². The van der Waals surface area contributed by atoms with Crippen LogP contribution in [0.15, 0.2) is 29.4 Å². The number of anilines is 2. The zero-order valence-electron chi connectivity index (χ0n) is 11.6. The second kappa shape index (κ2) is 5.96. The molecule has 0 atom stereocenters. The van der Waals surface area contributed by atoms with Crippen LogP contribution in [0.5, 0.6) is 0 Å². The standard InChI is InChI=1S/C13H16N4O2S/c1-9-6-4-5-7-10(9)16(2)12-14-15-13(17(12)3)20-8-11(18)19/h4-7H,8H2,1-3H3,(H,18,19). The van der Waals surface area contributed by atoms with E-state index in [2.05, 4.69) is 10.2 Å². The van der Waals surface area contributed by atoms with Crippen LogP contribution in [0, 0.1) is 6.92 Å². The van der Waals surface area contributed by atoms with Gasteiger partial charge in [0.1, 0.15) is 0 Å². The maximum Gasteiger partial charge on any atom is 0.313 e. The second-order valence-corrected chi connectivity index (χ2v) is 5.31. The van der Waals surface area contributed by atoms with Gasteiger partial charge in [-0.2, -0.15) is 0 Å². The van der Waals surface area contributed by atoms with E-state index in [1.54, 1.807) is 4.57 Å². The molecule has 1 heterocycles. The Balaban J connectivity index is 2.25. The molecular formula is C13H16N4O2S. The number of nitrogens with zero attached hydrogens (tertiary/aromatic N) is 4. The minimum Gasteiger partial charge on any atom is -0.481 e. The first-order valence-electron chi connectivity index (χ1n) is 6.04. The fraction of sp³-hybridized carbons (Fsp3) is 0.308. The Bertz CT molecular complexity index is 627. The molecule has 0 aliphatic carbocycles. The summed E-state index contributed by atoms with van der Waals surface area (Å²) in [5, 5.41) is 17.5. The van der Waals surface area contributed by atoms with Crippen molar-refractivity contribution in [1.82, 2.24) is 14.8 Å². The molecule has 0 unspecified atom stereocenters. The van der Waals surface area contributed by atoms with Crippen molar-refractivity contribution >= 4 is 29.4 Å². The normalized spacial score (nSPS) is 10.6. The highest BCUT2D eigenvalue weighted by Gasteiger charge is 2.16. The van der Waals surface area contributed by atoms with Crippen molar-refractivity contribution in [1.29, 1.82) is 0 Å². The molecule has 1 aromatic heterocycles. The van der Waals surface area contributed by atoms with E-state index in [1.165, 1.54) is 0 Å². The molecular weight excluding hydrogens is 276 g/mol. The van der Waals surface area contributed by atoms with Gasteiger partial charge >= 0.3 is 5.97 Å². The molecule has 0 radical (unpaired) electrons. The first-order chi connectivity index (χ1) is 9.50. The third kappa shape index (κ3) is 2.93. The number of hydrogen-bond acceptors (Lipinski definition) is 5. The van der Waals surface area contributed by atoms with Gasteiger partial charge in [-0.25, -0.2) is 0 Å². The van der Waals surface area contributed by atoms with E-state index in [0.717, 1.165) is 23.0 Å². The predicted molar refractivity (Wildman–Crippen MR) is 78.6 cm³/mol. The number of aromatic nitrogens is 3. The monoisotopic (exact) mass is 292 g/mol. The van der Waals surface area contributed by atoms with E-state index in [-0.39, 0.29) is 5.75 Å². The number of para-hydroxylation sites is 1. The molecule has 1 aromatic carbocycles. The number of aliphatic carboxylic acids is 1. The Morgan fingerprint density at radius 2 is 2.10 bits per heavy atom. The number of hydrogen-bond donors (Lipinski definition) is 1. The fourth-order valence-corrected chi connectivity index (χ4v) is 2.53. The molecule has 0 spiro atoms. The number of rotatable bonds is 5. The van der Waals surface area contributed by atoms with Gasteiger partial charge in [0.25, 0.3) is 0 Å². The molecule has 0 bridgehead atoms. The third-order valence-corrected chi connectivity index (χ3v) is 3.92. The largest absolute Gasteiger partial charge is 0.481 e. The summed E-state index contributed by atoms with van der Waals surface area (Å²) in [5.74, 6) is -0.223. The maximum absolute atomic E-state index is 10.6. The molecule has 0 aliphatic heterocycles. The van der Waals surface area contributed by atoms with Crippen LogP contribution in [0.4, 0.5) is 11.6 Å². The zero-order chi connectivity index (χ0) is 14.7. The summed E-state index contributed by atoms with van der Waals surface area (Å²) >= 11 is 1.16.